The van der Waals surface area contributed by atoms with Crippen LogP contribution in [0, 0.1) is 12.3 Å². The molecule has 3 nitrogen and oxygen atoms in total. The maximum absolute atomic E-state index is 13.6. The van der Waals surface area contributed by atoms with Gasteiger partial charge in [-0.05, 0) is 66.0 Å². The molecule has 154 valence electrons. The Labute approximate surface area is 179 Å². The molecular weight excluding hydrogens is 397 g/mol. The van der Waals surface area contributed by atoms with Crippen LogP contribution in [-0.2, 0) is 13.1 Å². The van der Waals surface area contributed by atoms with Crippen LogP contribution in [0.25, 0.3) is 11.1 Å². The van der Waals surface area contributed by atoms with Gasteiger partial charge < -0.3 is 5.11 Å². The zero-order valence-electron chi connectivity index (χ0n) is 17.0. The number of alkyl halides is 1. The van der Waals surface area contributed by atoms with E-state index >= 15 is 0 Å². The topological polar surface area (TPSA) is 50.2 Å². The van der Waals surface area contributed by atoms with Crippen molar-refractivity contribution in [3.8, 4) is 11.1 Å². The second kappa shape index (κ2) is 7.40. The molecule has 1 atom stereocenters. The van der Waals surface area contributed by atoms with Gasteiger partial charge in [0.05, 0.1) is 11.7 Å². The van der Waals surface area contributed by atoms with Crippen molar-refractivity contribution in [2.24, 2.45) is 5.41 Å². The summed E-state index contributed by atoms with van der Waals surface area (Å²) in [6.07, 6.45) is 4.48. The average molecular weight is 422 g/mol. The summed E-state index contributed by atoms with van der Waals surface area (Å²) in [5.74, 6) is -0.134. The number of halogens is 1. The molecule has 1 N–H and O–H groups in total. The molecule has 0 radical (unpaired) electrons. The number of ketones is 1. The van der Waals surface area contributed by atoms with E-state index in [9.17, 15) is 14.3 Å². The third-order valence-corrected chi connectivity index (χ3v) is 7.50. The van der Waals surface area contributed by atoms with Gasteiger partial charge in [0, 0.05) is 28.1 Å². The summed E-state index contributed by atoms with van der Waals surface area (Å²) in [7, 11) is 0. The highest BCUT2D eigenvalue weighted by Crippen LogP contribution is 2.55. The zero-order valence-corrected chi connectivity index (χ0v) is 17.8. The lowest BCUT2D eigenvalue weighted by Crippen LogP contribution is -2.38. The third-order valence-electron chi connectivity index (χ3n) is 6.82. The smallest absolute Gasteiger partial charge is 0.195 e. The number of carbonyl (C=O) groups is 1. The van der Waals surface area contributed by atoms with Gasteiger partial charge >= 0.3 is 0 Å². The quantitative estimate of drug-likeness (QED) is 0.528. The highest BCUT2D eigenvalue weighted by molar-refractivity contribution is 7.08. The Balaban J connectivity index is 1.69. The molecule has 3 aromatic rings. The Hall–Kier alpha value is -2.37. The highest BCUT2D eigenvalue weighted by Gasteiger charge is 2.45. The van der Waals surface area contributed by atoms with Crippen LogP contribution in [0.4, 0.5) is 4.39 Å². The molecule has 0 saturated heterocycles. The number of aryl methyl sites for hydroxylation is 1. The first-order valence-electron chi connectivity index (χ1n) is 10.4. The standard InChI is InChI=1S/C25H24FNO2S/c1-15-21(24(29)17-5-3-16(13-26)4-6-17)22(18-7-10-30-14-18)23-19(27-15)11-25(8-2-9-25)12-20(23)28/h3-7,10,14,20,28H,2,8-9,11-13H2,1H3. The Morgan fingerprint density at radius 3 is 2.63 bits per heavy atom. The summed E-state index contributed by atoms with van der Waals surface area (Å²) in [5.41, 5.74) is 6.00. The van der Waals surface area contributed by atoms with E-state index in [0.717, 1.165) is 48.1 Å². The number of hydrogen-bond acceptors (Lipinski definition) is 4. The van der Waals surface area contributed by atoms with Gasteiger partial charge in [-0.3, -0.25) is 9.78 Å². The van der Waals surface area contributed by atoms with Gasteiger partial charge in [0.15, 0.2) is 5.78 Å². The Kier molecular flexibility index (Phi) is 4.83. The number of rotatable bonds is 4. The summed E-state index contributed by atoms with van der Waals surface area (Å²) in [6, 6.07) is 8.64. The summed E-state index contributed by atoms with van der Waals surface area (Å²) < 4.78 is 12.9. The summed E-state index contributed by atoms with van der Waals surface area (Å²) in [5, 5.41) is 15.2. The third kappa shape index (κ3) is 3.12. The molecule has 1 saturated carbocycles. The van der Waals surface area contributed by atoms with E-state index in [0.29, 0.717) is 22.4 Å². The summed E-state index contributed by atoms with van der Waals surface area (Å²) in [6.45, 7) is 1.33. The predicted octanol–water partition coefficient (Wildman–Crippen LogP) is 5.97. The number of pyridine rings is 1. The van der Waals surface area contributed by atoms with Crippen molar-refractivity contribution in [2.75, 3.05) is 0 Å². The molecule has 1 spiro atoms. The lowest BCUT2D eigenvalue weighted by atomic mass is 9.59. The lowest BCUT2D eigenvalue weighted by Gasteiger charge is -2.47. The van der Waals surface area contributed by atoms with Gasteiger partial charge in [-0.1, -0.05) is 30.7 Å². The van der Waals surface area contributed by atoms with Crippen molar-refractivity contribution in [1.82, 2.24) is 4.98 Å². The van der Waals surface area contributed by atoms with E-state index in [1.807, 2.05) is 23.8 Å². The van der Waals surface area contributed by atoms with E-state index < -0.39 is 12.8 Å². The zero-order chi connectivity index (χ0) is 20.9. The number of aliphatic hydroxyl groups excluding tert-OH is 1. The van der Waals surface area contributed by atoms with Gasteiger partial charge in [-0.15, -0.1) is 0 Å². The second-order valence-electron chi connectivity index (χ2n) is 8.73. The average Bonchev–Trinajstić information content (AvgIpc) is 3.25. The SMILES string of the molecule is Cc1nc2c(c(-c3ccsc3)c1C(=O)c1ccc(CF)cc1)C(O)CC1(CCC1)C2. The van der Waals surface area contributed by atoms with Crippen molar-refractivity contribution in [1.29, 1.82) is 0 Å². The maximum atomic E-state index is 13.6. The molecule has 2 aliphatic carbocycles. The first-order chi connectivity index (χ1) is 14.5. The fourth-order valence-corrected chi connectivity index (χ4v) is 5.79. The van der Waals surface area contributed by atoms with Gasteiger partial charge in [0.1, 0.15) is 6.67 Å². The first kappa shape index (κ1) is 19.6. The number of aromatic nitrogens is 1. The molecule has 0 amide bonds. The van der Waals surface area contributed by atoms with Crippen LogP contribution in [0.5, 0.6) is 0 Å². The molecule has 2 aliphatic rings. The minimum absolute atomic E-state index is 0.134. The molecule has 0 bridgehead atoms. The molecule has 1 fully saturated rings. The van der Waals surface area contributed by atoms with Crippen molar-refractivity contribution in [3.05, 3.63) is 74.7 Å². The molecule has 0 aliphatic heterocycles. The van der Waals surface area contributed by atoms with E-state index in [1.165, 1.54) is 6.42 Å². The van der Waals surface area contributed by atoms with Crippen LogP contribution in [0.15, 0.2) is 41.1 Å². The number of nitrogens with zero attached hydrogens (tertiary/aromatic N) is 1. The van der Waals surface area contributed by atoms with Crippen LogP contribution in [0.3, 0.4) is 0 Å². The monoisotopic (exact) mass is 421 g/mol. The molecular formula is C25H24FNO2S. The van der Waals surface area contributed by atoms with Crippen LogP contribution in [-0.4, -0.2) is 15.9 Å². The van der Waals surface area contributed by atoms with Gasteiger partial charge in [0.25, 0.3) is 0 Å². The predicted molar refractivity (Wildman–Crippen MR) is 117 cm³/mol. The summed E-state index contributed by atoms with van der Waals surface area (Å²) in [4.78, 5) is 18.4. The molecule has 5 rings (SSSR count). The number of carbonyl (C=O) groups excluding carboxylic acids is 1. The summed E-state index contributed by atoms with van der Waals surface area (Å²) >= 11 is 1.57. The van der Waals surface area contributed by atoms with Crippen LogP contribution < -0.4 is 0 Å². The van der Waals surface area contributed by atoms with Gasteiger partial charge in [-0.25, -0.2) is 4.39 Å². The van der Waals surface area contributed by atoms with E-state index in [4.69, 9.17) is 4.98 Å². The van der Waals surface area contributed by atoms with Crippen molar-refractivity contribution in [3.63, 3.8) is 0 Å². The highest BCUT2D eigenvalue weighted by atomic mass is 32.1. The fourth-order valence-electron chi connectivity index (χ4n) is 5.14. The van der Waals surface area contributed by atoms with E-state index in [2.05, 4.69) is 0 Å². The number of thiophene rings is 1. The molecule has 2 heterocycles. The van der Waals surface area contributed by atoms with Gasteiger partial charge in [0.2, 0.25) is 0 Å². The number of aliphatic hydroxyl groups is 1. The number of fused-ring (bicyclic) bond motifs is 1. The molecule has 5 heteroatoms. The van der Waals surface area contributed by atoms with Crippen molar-refractivity contribution in [2.45, 2.75) is 51.8 Å². The first-order valence-corrected chi connectivity index (χ1v) is 11.4. The number of hydrogen-bond donors (Lipinski definition) is 1. The Morgan fingerprint density at radius 1 is 1.27 bits per heavy atom. The molecule has 1 unspecified atom stereocenters. The van der Waals surface area contributed by atoms with Crippen LogP contribution >= 0.6 is 11.3 Å². The Bertz CT molecular complexity index is 1100. The minimum Gasteiger partial charge on any atom is -0.388 e. The van der Waals surface area contributed by atoms with E-state index in [-0.39, 0.29) is 11.2 Å². The van der Waals surface area contributed by atoms with Crippen molar-refractivity contribution < 1.29 is 14.3 Å². The largest absolute Gasteiger partial charge is 0.388 e. The fraction of sp³-hybridized carbons (Fsp3) is 0.360. The molecule has 2 aromatic heterocycles. The lowest BCUT2D eigenvalue weighted by molar-refractivity contribution is 0.0247. The van der Waals surface area contributed by atoms with E-state index in [1.54, 1.807) is 35.6 Å². The Morgan fingerprint density at radius 2 is 2.03 bits per heavy atom. The molecule has 1 aromatic carbocycles. The minimum atomic E-state index is -0.613. The van der Waals surface area contributed by atoms with Crippen LogP contribution in [0.1, 0.15) is 70.2 Å². The van der Waals surface area contributed by atoms with Crippen LogP contribution in [0.2, 0.25) is 0 Å². The second-order valence-corrected chi connectivity index (χ2v) is 9.51. The number of benzene rings is 1. The van der Waals surface area contributed by atoms with Gasteiger partial charge in [-0.2, -0.15) is 11.3 Å². The van der Waals surface area contributed by atoms with Crippen molar-refractivity contribution >= 4 is 17.1 Å². The maximum Gasteiger partial charge on any atom is 0.195 e. The molecule has 30 heavy (non-hydrogen) atoms. The normalized spacial score (nSPS) is 19.4.